The topological polar surface area (TPSA) is 65.8 Å². The lowest BCUT2D eigenvalue weighted by molar-refractivity contribution is -0.131. The molecule has 2 heterocycles. The van der Waals surface area contributed by atoms with E-state index in [-0.39, 0.29) is 12.5 Å². The first-order chi connectivity index (χ1) is 8.31. The fraction of sp³-hybridized carbons (Fsp3) is 0.417. The Bertz CT molecular complexity index is 417. The van der Waals surface area contributed by atoms with Crippen LogP contribution in [0.25, 0.3) is 0 Å². The van der Waals surface area contributed by atoms with Gasteiger partial charge in [-0.2, -0.15) is 5.10 Å². The largest absolute Gasteiger partial charge is 0.396 e. The number of aromatic nitrogens is 1. The predicted molar refractivity (Wildman–Crippen MR) is 63.4 cm³/mol. The van der Waals surface area contributed by atoms with Crippen molar-refractivity contribution in [3.63, 3.8) is 0 Å². The second-order valence-corrected chi connectivity index (χ2v) is 3.88. The maximum Gasteiger partial charge on any atom is 0.243 e. The van der Waals surface area contributed by atoms with Crippen molar-refractivity contribution in [3.8, 4) is 0 Å². The number of hydrazone groups is 1. The van der Waals surface area contributed by atoms with Crippen molar-refractivity contribution in [1.82, 2.24) is 9.99 Å². The summed E-state index contributed by atoms with van der Waals surface area (Å²) < 4.78 is 0. The van der Waals surface area contributed by atoms with Crippen LogP contribution >= 0.6 is 0 Å². The second-order valence-electron chi connectivity index (χ2n) is 3.88. The number of carbonyl (C=O) groups excluding carboxylic acids is 1. The van der Waals surface area contributed by atoms with Gasteiger partial charge >= 0.3 is 0 Å². The molecule has 0 fully saturated rings. The average molecular weight is 233 g/mol. The van der Waals surface area contributed by atoms with Crippen LogP contribution in [-0.4, -0.2) is 39.9 Å². The SMILES string of the molecule is O=C1CCC(c2ccncc2)=NN1CCCO. The highest BCUT2D eigenvalue weighted by molar-refractivity contribution is 6.04. The molecule has 0 bridgehead atoms. The van der Waals surface area contributed by atoms with Gasteiger partial charge in [-0.25, -0.2) is 5.01 Å². The van der Waals surface area contributed by atoms with Gasteiger partial charge in [0.1, 0.15) is 0 Å². The van der Waals surface area contributed by atoms with E-state index in [2.05, 4.69) is 10.1 Å². The van der Waals surface area contributed by atoms with Gasteiger partial charge in [0.2, 0.25) is 5.91 Å². The highest BCUT2D eigenvalue weighted by Gasteiger charge is 2.20. The van der Waals surface area contributed by atoms with Crippen LogP contribution in [0.4, 0.5) is 0 Å². The summed E-state index contributed by atoms with van der Waals surface area (Å²) in [5.74, 6) is 0.0243. The number of pyridine rings is 1. The van der Waals surface area contributed by atoms with Gasteiger partial charge in [-0.15, -0.1) is 0 Å². The molecule has 0 aromatic carbocycles. The third kappa shape index (κ3) is 2.88. The van der Waals surface area contributed by atoms with Crippen LogP contribution in [0.3, 0.4) is 0 Å². The summed E-state index contributed by atoms with van der Waals surface area (Å²) in [6.45, 7) is 0.549. The summed E-state index contributed by atoms with van der Waals surface area (Å²) in [5.41, 5.74) is 1.91. The third-order valence-electron chi connectivity index (χ3n) is 2.65. The average Bonchev–Trinajstić information content (AvgIpc) is 2.39. The number of aliphatic hydroxyl groups excluding tert-OH is 1. The molecule has 1 aliphatic heterocycles. The lowest BCUT2D eigenvalue weighted by Crippen LogP contribution is -2.33. The predicted octanol–water partition coefficient (Wildman–Crippen LogP) is 0.790. The van der Waals surface area contributed by atoms with Crippen molar-refractivity contribution < 1.29 is 9.90 Å². The maximum atomic E-state index is 11.6. The molecule has 0 aliphatic carbocycles. The fourth-order valence-corrected chi connectivity index (χ4v) is 1.75. The van der Waals surface area contributed by atoms with Crippen molar-refractivity contribution in [3.05, 3.63) is 30.1 Å². The van der Waals surface area contributed by atoms with E-state index < -0.39 is 0 Å². The molecule has 5 nitrogen and oxygen atoms in total. The molecule has 1 amide bonds. The van der Waals surface area contributed by atoms with E-state index in [1.54, 1.807) is 12.4 Å². The van der Waals surface area contributed by atoms with Gasteiger partial charge in [0.15, 0.2) is 0 Å². The molecule has 2 rings (SSSR count). The summed E-state index contributed by atoms with van der Waals surface area (Å²) in [6, 6.07) is 3.78. The molecule has 0 unspecified atom stereocenters. The number of aliphatic hydroxyl groups is 1. The Morgan fingerprint density at radius 3 is 2.76 bits per heavy atom. The standard InChI is InChI=1S/C12H15N3O2/c16-9-1-8-15-12(17)3-2-11(14-15)10-4-6-13-7-5-10/h4-7,16H,1-3,8-9H2. The molecule has 0 saturated carbocycles. The summed E-state index contributed by atoms with van der Waals surface area (Å²) in [4.78, 5) is 15.6. The van der Waals surface area contributed by atoms with E-state index >= 15 is 0 Å². The molecule has 90 valence electrons. The van der Waals surface area contributed by atoms with Gasteiger partial charge < -0.3 is 5.11 Å². The van der Waals surface area contributed by atoms with Crippen molar-refractivity contribution in [2.45, 2.75) is 19.3 Å². The highest BCUT2D eigenvalue weighted by atomic mass is 16.3. The summed E-state index contributed by atoms with van der Waals surface area (Å²) >= 11 is 0. The Morgan fingerprint density at radius 1 is 1.29 bits per heavy atom. The minimum atomic E-state index is 0.0243. The van der Waals surface area contributed by atoms with Crippen LogP contribution in [0.2, 0.25) is 0 Å². The first-order valence-electron chi connectivity index (χ1n) is 5.70. The molecule has 0 atom stereocenters. The Hall–Kier alpha value is -1.75. The highest BCUT2D eigenvalue weighted by Crippen LogP contribution is 2.14. The van der Waals surface area contributed by atoms with Crippen LogP contribution in [0.1, 0.15) is 24.8 Å². The van der Waals surface area contributed by atoms with E-state index in [0.29, 0.717) is 25.8 Å². The molecule has 0 radical (unpaired) electrons. The molecular formula is C12H15N3O2. The summed E-state index contributed by atoms with van der Waals surface area (Å²) in [7, 11) is 0. The van der Waals surface area contributed by atoms with Gasteiger partial charge in [-0.3, -0.25) is 9.78 Å². The smallest absolute Gasteiger partial charge is 0.243 e. The molecule has 17 heavy (non-hydrogen) atoms. The third-order valence-corrected chi connectivity index (χ3v) is 2.65. The van der Waals surface area contributed by atoms with E-state index in [0.717, 1.165) is 11.3 Å². The monoisotopic (exact) mass is 233 g/mol. The van der Waals surface area contributed by atoms with Crippen LogP contribution in [0.5, 0.6) is 0 Å². The van der Waals surface area contributed by atoms with Gasteiger partial charge in [0.25, 0.3) is 0 Å². The Balaban J connectivity index is 2.15. The molecule has 1 aromatic heterocycles. The van der Waals surface area contributed by atoms with Crippen molar-refractivity contribution >= 4 is 11.6 Å². The number of hydrogen-bond donors (Lipinski definition) is 1. The van der Waals surface area contributed by atoms with E-state index in [1.807, 2.05) is 12.1 Å². The maximum absolute atomic E-state index is 11.6. The zero-order valence-corrected chi connectivity index (χ0v) is 9.54. The van der Waals surface area contributed by atoms with Gasteiger partial charge in [-0.05, 0) is 18.6 Å². The zero-order valence-electron chi connectivity index (χ0n) is 9.54. The van der Waals surface area contributed by atoms with Crippen LogP contribution in [0, 0.1) is 0 Å². The van der Waals surface area contributed by atoms with Crippen molar-refractivity contribution in [2.75, 3.05) is 13.2 Å². The zero-order chi connectivity index (χ0) is 12.1. The summed E-state index contributed by atoms with van der Waals surface area (Å²) in [6.07, 6.45) is 5.13. The lowest BCUT2D eigenvalue weighted by atomic mass is 10.1. The quantitative estimate of drug-likeness (QED) is 0.836. The minimum absolute atomic E-state index is 0.0243. The van der Waals surface area contributed by atoms with Crippen LogP contribution < -0.4 is 0 Å². The van der Waals surface area contributed by atoms with Crippen molar-refractivity contribution in [1.29, 1.82) is 0 Å². The molecule has 1 aromatic rings. The van der Waals surface area contributed by atoms with E-state index in [9.17, 15) is 4.79 Å². The molecule has 5 heteroatoms. The number of carbonyl (C=O) groups is 1. The van der Waals surface area contributed by atoms with Crippen LogP contribution in [-0.2, 0) is 4.79 Å². The van der Waals surface area contributed by atoms with Gasteiger partial charge in [0.05, 0.1) is 5.71 Å². The normalized spacial score (nSPS) is 15.9. The second kappa shape index (κ2) is 5.54. The number of rotatable bonds is 4. The van der Waals surface area contributed by atoms with E-state index in [1.165, 1.54) is 5.01 Å². The van der Waals surface area contributed by atoms with Crippen LogP contribution in [0.15, 0.2) is 29.6 Å². The summed E-state index contributed by atoms with van der Waals surface area (Å²) in [5, 5.41) is 14.6. The minimum Gasteiger partial charge on any atom is -0.396 e. The Labute approximate surface area is 99.8 Å². The van der Waals surface area contributed by atoms with Crippen molar-refractivity contribution in [2.24, 2.45) is 5.10 Å². The van der Waals surface area contributed by atoms with Gasteiger partial charge in [0, 0.05) is 44.0 Å². The van der Waals surface area contributed by atoms with E-state index in [4.69, 9.17) is 5.11 Å². The molecule has 0 saturated heterocycles. The Morgan fingerprint density at radius 2 is 2.06 bits per heavy atom. The molecular weight excluding hydrogens is 218 g/mol. The first kappa shape index (κ1) is 11.7. The Kier molecular flexibility index (Phi) is 3.82. The number of nitrogens with zero attached hydrogens (tertiary/aromatic N) is 3. The number of hydrogen-bond acceptors (Lipinski definition) is 4. The lowest BCUT2D eigenvalue weighted by Gasteiger charge is -2.23. The molecule has 1 aliphatic rings. The fourth-order valence-electron chi connectivity index (χ4n) is 1.75. The number of amides is 1. The van der Waals surface area contributed by atoms with Gasteiger partial charge in [-0.1, -0.05) is 0 Å². The molecule has 0 spiro atoms. The molecule has 1 N–H and O–H groups in total. The first-order valence-corrected chi connectivity index (χ1v) is 5.70.